The molecular weight excluding hydrogens is 310 g/mol. The number of ether oxygens (including phenoxy) is 1. The summed E-state index contributed by atoms with van der Waals surface area (Å²) >= 11 is 0. The molecule has 0 bridgehead atoms. The molecule has 0 spiro atoms. The zero-order valence-electron chi connectivity index (χ0n) is 13.7. The number of amides is 2. The topological polar surface area (TPSA) is 84.7 Å². The van der Waals surface area contributed by atoms with Gasteiger partial charge in [0.15, 0.2) is 0 Å². The number of carbonyl (C=O) groups is 2. The first-order valence-electron chi connectivity index (χ1n) is 7.85. The lowest BCUT2D eigenvalue weighted by atomic mass is 10.1. The Morgan fingerprint density at radius 3 is 2.96 bits per heavy atom. The van der Waals surface area contributed by atoms with Crippen molar-refractivity contribution in [3.8, 4) is 0 Å². The monoisotopic (exact) mass is 329 g/mol. The number of aromatic nitrogens is 1. The fraction of sp³-hybridized carbons (Fsp3) is 0.353. The largest absolute Gasteiger partial charge is 0.448 e. The van der Waals surface area contributed by atoms with Crippen LogP contribution in [0.1, 0.15) is 34.3 Å². The van der Waals surface area contributed by atoms with E-state index in [2.05, 4.69) is 10.5 Å². The quantitative estimate of drug-likeness (QED) is 0.912. The fourth-order valence-corrected chi connectivity index (χ4v) is 2.68. The van der Waals surface area contributed by atoms with Gasteiger partial charge in [0.1, 0.15) is 17.9 Å². The molecule has 1 N–H and O–H groups in total. The highest BCUT2D eigenvalue weighted by Gasteiger charge is 2.22. The Morgan fingerprint density at radius 1 is 1.42 bits per heavy atom. The fourth-order valence-electron chi connectivity index (χ4n) is 2.68. The van der Waals surface area contributed by atoms with Gasteiger partial charge in [0, 0.05) is 12.2 Å². The van der Waals surface area contributed by atoms with Gasteiger partial charge in [-0.25, -0.2) is 4.79 Å². The predicted molar refractivity (Wildman–Crippen MR) is 86.8 cm³/mol. The number of rotatable bonds is 5. The lowest BCUT2D eigenvalue weighted by molar-refractivity contribution is 0.102. The van der Waals surface area contributed by atoms with Gasteiger partial charge in [0.25, 0.3) is 5.91 Å². The van der Waals surface area contributed by atoms with Crippen LogP contribution in [0.25, 0.3) is 0 Å². The number of anilines is 1. The van der Waals surface area contributed by atoms with E-state index in [0.717, 1.165) is 5.56 Å². The van der Waals surface area contributed by atoms with E-state index in [9.17, 15) is 9.59 Å². The van der Waals surface area contributed by atoms with Crippen molar-refractivity contribution < 1.29 is 18.8 Å². The molecule has 1 aliphatic heterocycles. The number of hydrogen-bond donors (Lipinski definition) is 1. The van der Waals surface area contributed by atoms with E-state index < -0.39 is 0 Å². The normalized spacial score (nSPS) is 13.9. The highest BCUT2D eigenvalue weighted by molar-refractivity contribution is 6.05. The van der Waals surface area contributed by atoms with E-state index in [-0.39, 0.29) is 12.0 Å². The predicted octanol–water partition coefficient (Wildman–Crippen LogP) is 2.75. The van der Waals surface area contributed by atoms with Crippen LogP contribution in [0, 0.1) is 6.92 Å². The summed E-state index contributed by atoms with van der Waals surface area (Å²) in [5, 5.41) is 6.76. The van der Waals surface area contributed by atoms with Gasteiger partial charge < -0.3 is 19.5 Å². The van der Waals surface area contributed by atoms with Crippen molar-refractivity contribution in [2.75, 3.05) is 18.5 Å². The van der Waals surface area contributed by atoms with Crippen molar-refractivity contribution in [2.45, 2.75) is 26.8 Å². The third kappa shape index (κ3) is 3.24. The summed E-state index contributed by atoms with van der Waals surface area (Å²) in [6, 6.07) is 7.40. The molecule has 3 rings (SSSR count). The van der Waals surface area contributed by atoms with Crippen molar-refractivity contribution in [1.82, 2.24) is 10.1 Å². The average molecular weight is 329 g/mol. The van der Waals surface area contributed by atoms with Crippen LogP contribution in [0.3, 0.4) is 0 Å². The molecule has 1 aliphatic rings. The van der Waals surface area contributed by atoms with E-state index in [4.69, 9.17) is 9.26 Å². The van der Waals surface area contributed by atoms with E-state index >= 15 is 0 Å². The minimum atomic E-state index is -0.308. The molecule has 1 fully saturated rings. The number of nitrogens with one attached hydrogen (secondary N) is 1. The smallest absolute Gasteiger partial charge is 0.410 e. The number of benzene rings is 1. The van der Waals surface area contributed by atoms with Gasteiger partial charge in [-0.15, -0.1) is 0 Å². The molecule has 2 aromatic rings. The first kappa shape index (κ1) is 16.0. The number of aryl methyl sites for hydroxylation is 2. The second-order valence-electron chi connectivity index (χ2n) is 5.60. The van der Waals surface area contributed by atoms with E-state index in [1.165, 1.54) is 0 Å². The SMILES string of the molecule is CCc1noc(C)c1C(=O)Nc1cccc(CN2CCOC2=O)c1. The maximum absolute atomic E-state index is 12.5. The highest BCUT2D eigenvalue weighted by atomic mass is 16.6. The van der Waals surface area contributed by atoms with Crippen molar-refractivity contribution >= 4 is 17.7 Å². The molecule has 0 aliphatic carbocycles. The molecule has 24 heavy (non-hydrogen) atoms. The maximum atomic E-state index is 12.5. The van der Waals surface area contributed by atoms with Gasteiger partial charge in [-0.05, 0) is 31.0 Å². The van der Waals surface area contributed by atoms with Crippen molar-refractivity contribution in [2.24, 2.45) is 0 Å². The third-order valence-corrected chi connectivity index (χ3v) is 3.90. The molecule has 1 saturated heterocycles. The van der Waals surface area contributed by atoms with Crippen LogP contribution in [0.2, 0.25) is 0 Å². The Balaban J connectivity index is 1.73. The summed E-state index contributed by atoms with van der Waals surface area (Å²) in [4.78, 5) is 25.6. The third-order valence-electron chi connectivity index (χ3n) is 3.90. The first-order valence-corrected chi connectivity index (χ1v) is 7.85. The first-order chi connectivity index (χ1) is 11.6. The molecule has 0 radical (unpaired) electrons. The van der Waals surface area contributed by atoms with Crippen LogP contribution in [-0.4, -0.2) is 35.2 Å². The molecular formula is C17H19N3O4. The Kier molecular flexibility index (Phi) is 4.50. The van der Waals surface area contributed by atoms with Gasteiger partial charge in [0.05, 0.1) is 12.2 Å². The number of cyclic esters (lactones) is 1. The molecule has 7 heteroatoms. The summed E-state index contributed by atoms with van der Waals surface area (Å²) < 4.78 is 10.0. The zero-order valence-corrected chi connectivity index (χ0v) is 13.7. The van der Waals surface area contributed by atoms with Crippen molar-refractivity contribution in [1.29, 1.82) is 0 Å². The molecule has 2 heterocycles. The highest BCUT2D eigenvalue weighted by Crippen LogP contribution is 2.19. The van der Waals surface area contributed by atoms with Crippen LogP contribution >= 0.6 is 0 Å². The Morgan fingerprint density at radius 2 is 2.25 bits per heavy atom. The second-order valence-corrected chi connectivity index (χ2v) is 5.60. The van der Waals surface area contributed by atoms with Gasteiger partial charge in [-0.1, -0.05) is 24.2 Å². The summed E-state index contributed by atoms with van der Waals surface area (Å²) in [6.07, 6.45) is 0.314. The molecule has 7 nitrogen and oxygen atoms in total. The maximum Gasteiger partial charge on any atom is 0.410 e. The van der Waals surface area contributed by atoms with Crippen molar-refractivity contribution in [3.63, 3.8) is 0 Å². The molecule has 1 aromatic heterocycles. The Labute approximate surface area is 139 Å². The lowest BCUT2D eigenvalue weighted by Gasteiger charge is -2.13. The number of nitrogens with zero attached hydrogens (tertiary/aromatic N) is 2. The molecule has 0 atom stereocenters. The van der Waals surface area contributed by atoms with Crippen LogP contribution < -0.4 is 5.32 Å². The van der Waals surface area contributed by atoms with Crippen LogP contribution in [0.5, 0.6) is 0 Å². The minimum Gasteiger partial charge on any atom is -0.448 e. The van der Waals surface area contributed by atoms with Gasteiger partial charge >= 0.3 is 6.09 Å². The number of hydrogen-bond acceptors (Lipinski definition) is 5. The van der Waals surface area contributed by atoms with E-state index in [1.54, 1.807) is 17.9 Å². The Hall–Kier alpha value is -2.83. The van der Waals surface area contributed by atoms with Crippen LogP contribution in [-0.2, 0) is 17.7 Å². The summed E-state index contributed by atoms with van der Waals surface area (Å²) in [6.45, 7) is 5.09. The summed E-state index contributed by atoms with van der Waals surface area (Å²) in [5.74, 6) is 0.253. The van der Waals surface area contributed by atoms with E-state index in [1.807, 2.05) is 25.1 Å². The van der Waals surface area contributed by atoms with Crippen LogP contribution in [0.4, 0.5) is 10.5 Å². The van der Waals surface area contributed by atoms with Crippen LogP contribution in [0.15, 0.2) is 28.8 Å². The number of carbonyl (C=O) groups excluding carboxylic acids is 2. The molecule has 126 valence electrons. The standard InChI is InChI=1S/C17H19N3O4/c1-3-14-15(11(2)24-19-14)16(21)18-13-6-4-5-12(9-13)10-20-7-8-23-17(20)22/h4-6,9H,3,7-8,10H2,1-2H3,(H,18,21). The molecule has 0 saturated carbocycles. The second kappa shape index (κ2) is 6.74. The molecule has 1 aromatic carbocycles. The zero-order chi connectivity index (χ0) is 17.1. The minimum absolute atomic E-state index is 0.247. The summed E-state index contributed by atoms with van der Waals surface area (Å²) in [5.41, 5.74) is 2.70. The molecule has 2 amide bonds. The lowest BCUT2D eigenvalue weighted by Crippen LogP contribution is -2.23. The van der Waals surface area contributed by atoms with Gasteiger partial charge in [-0.2, -0.15) is 0 Å². The van der Waals surface area contributed by atoms with Gasteiger partial charge in [0.2, 0.25) is 0 Å². The molecule has 0 unspecified atom stereocenters. The van der Waals surface area contributed by atoms with Gasteiger partial charge in [-0.3, -0.25) is 4.79 Å². The van der Waals surface area contributed by atoms with Crippen molar-refractivity contribution in [3.05, 3.63) is 46.8 Å². The Bertz CT molecular complexity index is 769. The van der Waals surface area contributed by atoms with E-state index in [0.29, 0.717) is 48.8 Å². The average Bonchev–Trinajstić information content (AvgIpc) is 3.13. The summed E-state index contributed by atoms with van der Waals surface area (Å²) in [7, 11) is 0.